The summed E-state index contributed by atoms with van der Waals surface area (Å²) in [7, 11) is 0. The zero-order chi connectivity index (χ0) is 13.7. The van der Waals surface area contributed by atoms with Crippen molar-refractivity contribution in [1.82, 2.24) is 0 Å². The van der Waals surface area contributed by atoms with Gasteiger partial charge in [-0.1, -0.05) is 15.9 Å². The van der Waals surface area contributed by atoms with Gasteiger partial charge in [0.15, 0.2) is 0 Å². The minimum absolute atomic E-state index is 0.0106. The maximum absolute atomic E-state index is 10.9. The number of hydrogen-bond donors (Lipinski definition) is 2. The fraction of sp³-hybridized carbons (Fsp3) is 0.455. The van der Waals surface area contributed by atoms with E-state index >= 15 is 0 Å². The molecule has 0 aliphatic carbocycles. The molecule has 0 heterocycles. The van der Waals surface area contributed by atoms with Crippen LogP contribution in [0.4, 0.5) is 11.4 Å². The lowest BCUT2D eigenvalue weighted by molar-refractivity contribution is -0.384. The SMILES string of the molecule is CSC(CO)C(C)Nc1cc(Br)ccc1[N+](=O)[O-]. The Kier molecular flexibility index (Phi) is 5.90. The molecule has 0 saturated carbocycles. The van der Waals surface area contributed by atoms with Crippen molar-refractivity contribution in [2.45, 2.75) is 18.2 Å². The minimum atomic E-state index is -0.422. The average Bonchev–Trinajstić information content (AvgIpc) is 2.30. The van der Waals surface area contributed by atoms with Crippen LogP contribution >= 0.6 is 27.7 Å². The van der Waals surface area contributed by atoms with Gasteiger partial charge in [0, 0.05) is 21.8 Å². The smallest absolute Gasteiger partial charge is 0.292 e. The molecule has 1 rings (SSSR count). The molecular weight excluding hydrogens is 320 g/mol. The molecule has 5 nitrogen and oxygen atoms in total. The van der Waals surface area contributed by atoms with Crippen molar-refractivity contribution >= 4 is 39.1 Å². The first-order valence-electron chi connectivity index (χ1n) is 5.33. The van der Waals surface area contributed by atoms with Gasteiger partial charge in [-0.25, -0.2) is 0 Å². The van der Waals surface area contributed by atoms with Crippen LogP contribution in [0.1, 0.15) is 6.92 Å². The van der Waals surface area contributed by atoms with Gasteiger partial charge in [0.25, 0.3) is 5.69 Å². The molecule has 18 heavy (non-hydrogen) atoms. The fourth-order valence-corrected chi connectivity index (χ4v) is 2.54. The summed E-state index contributed by atoms with van der Waals surface area (Å²) in [4.78, 5) is 10.5. The highest BCUT2D eigenvalue weighted by Crippen LogP contribution is 2.29. The summed E-state index contributed by atoms with van der Waals surface area (Å²) >= 11 is 4.81. The fourth-order valence-electron chi connectivity index (χ4n) is 1.56. The van der Waals surface area contributed by atoms with Crippen LogP contribution in [0.15, 0.2) is 22.7 Å². The molecule has 0 radical (unpaired) electrons. The Labute approximate surface area is 118 Å². The molecule has 2 unspecified atom stereocenters. The second kappa shape index (κ2) is 6.96. The molecule has 0 aromatic heterocycles. The molecule has 2 atom stereocenters. The lowest BCUT2D eigenvalue weighted by Gasteiger charge is -2.22. The van der Waals surface area contributed by atoms with E-state index in [-0.39, 0.29) is 23.6 Å². The van der Waals surface area contributed by atoms with E-state index < -0.39 is 4.92 Å². The molecule has 2 N–H and O–H groups in total. The van der Waals surface area contributed by atoms with Gasteiger partial charge in [-0.05, 0) is 25.3 Å². The summed E-state index contributed by atoms with van der Waals surface area (Å²) in [5.41, 5.74) is 0.484. The molecule has 1 aromatic carbocycles. The second-order valence-corrected chi connectivity index (χ2v) is 5.80. The van der Waals surface area contributed by atoms with Crippen molar-refractivity contribution in [1.29, 1.82) is 0 Å². The number of aliphatic hydroxyl groups excluding tert-OH is 1. The van der Waals surface area contributed by atoms with Gasteiger partial charge in [-0.3, -0.25) is 10.1 Å². The number of hydrogen-bond acceptors (Lipinski definition) is 5. The Hall–Kier alpha value is -0.790. The van der Waals surface area contributed by atoms with Crippen molar-refractivity contribution in [3.05, 3.63) is 32.8 Å². The Balaban J connectivity index is 2.95. The van der Waals surface area contributed by atoms with E-state index in [0.717, 1.165) is 4.47 Å². The van der Waals surface area contributed by atoms with Crippen LogP contribution in [0.3, 0.4) is 0 Å². The highest BCUT2D eigenvalue weighted by atomic mass is 79.9. The first-order valence-corrected chi connectivity index (χ1v) is 7.41. The summed E-state index contributed by atoms with van der Waals surface area (Å²) in [5, 5.41) is 23.2. The van der Waals surface area contributed by atoms with Crippen LogP contribution < -0.4 is 5.32 Å². The first-order chi connectivity index (χ1) is 8.49. The van der Waals surface area contributed by atoms with E-state index in [1.54, 1.807) is 12.1 Å². The quantitative estimate of drug-likeness (QED) is 0.618. The summed E-state index contributed by atoms with van der Waals surface area (Å²) in [6, 6.07) is 4.68. The molecule has 0 amide bonds. The van der Waals surface area contributed by atoms with Crippen LogP contribution in [0, 0.1) is 10.1 Å². The maximum atomic E-state index is 10.9. The van der Waals surface area contributed by atoms with E-state index in [4.69, 9.17) is 0 Å². The average molecular weight is 335 g/mol. The maximum Gasteiger partial charge on any atom is 0.292 e. The lowest BCUT2D eigenvalue weighted by Crippen LogP contribution is -2.31. The first kappa shape index (κ1) is 15.3. The Morgan fingerprint density at radius 3 is 2.78 bits per heavy atom. The number of halogens is 1. The Morgan fingerprint density at radius 2 is 2.28 bits per heavy atom. The molecule has 0 aliphatic heterocycles. The number of nitrogens with zero attached hydrogens (tertiary/aromatic N) is 1. The molecule has 0 aliphatic rings. The second-order valence-electron chi connectivity index (χ2n) is 3.81. The van der Waals surface area contributed by atoms with Crippen molar-refractivity contribution in [2.24, 2.45) is 0 Å². The Morgan fingerprint density at radius 1 is 1.61 bits per heavy atom. The summed E-state index contributed by atoms with van der Waals surface area (Å²) < 4.78 is 0.771. The number of aliphatic hydroxyl groups is 1. The van der Waals surface area contributed by atoms with Crippen molar-refractivity contribution in [2.75, 3.05) is 18.2 Å². The van der Waals surface area contributed by atoms with E-state index in [9.17, 15) is 15.2 Å². The topological polar surface area (TPSA) is 75.4 Å². The number of benzene rings is 1. The summed E-state index contributed by atoms with van der Waals surface area (Å²) in [6.45, 7) is 1.92. The third-order valence-electron chi connectivity index (χ3n) is 2.58. The lowest BCUT2D eigenvalue weighted by atomic mass is 10.2. The standard InChI is InChI=1S/C11H15BrN2O3S/c1-7(11(6-15)18-2)13-9-5-8(12)3-4-10(9)14(16)17/h3-5,7,11,13,15H,6H2,1-2H3. The third kappa shape index (κ3) is 3.86. The summed E-state index contributed by atoms with van der Waals surface area (Å²) in [5.74, 6) is 0. The van der Waals surface area contributed by atoms with E-state index in [1.165, 1.54) is 17.8 Å². The van der Waals surface area contributed by atoms with Crippen LogP contribution in [0.2, 0.25) is 0 Å². The predicted molar refractivity (Wildman–Crippen MR) is 78.3 cm³/mol. The molecule has 100 valence electrons. The van der Waals surface area contributed by atoms with Crippen LogP contribution in [-0.4, -0.2) is 34.2 Å². The van der Waals surface area contributed by atoms with Gasteiger partial charge in [-0.2, -0.15) is 11.8 Å². The highest BCUT2D eigenvalue weighted by molar-refractivity contribution is 9.10. The molecule has 0 bridgehead atoms. The number of nitrogens with one attached hydrogen (secondary N) is 1. The molecule has 0 saturated heterocycles. The monoisotopic (exact) mass is 334 g/mol. The van der Waals surface area contributed by atoms with E-state index in [2.05, 4.69) is 21.2 Å². The van der Waals surface area contributed by atoms with Crippen molar-refractivity contribution in [3.63, 3.8) is 0 Å². The number of nitro benzene ring substituents is 1. The number of anilines is 1. The molecular formula is C11H15BrN2O3S. The third-order valence-corrected chi connectivity index (χ3v) is 4.23. The van der Waals surface area contributed by atoms with Crippen LogP contribution in [-0.2, 0) is 0 Å². The van der Waals surface area contributed by atoms with Crippen LogP contribution in [0.5, 0.6) is 0 Å². The zero-order valence-corrected chi connectivity index (χ0v) is 12.5. The minimum Gasteiger partial charge on any atom is -0.395 e. The molecule has 0 spiro atoms. The van der Waals surface area contributed by atoms with Crippen molar-refractivity contribution in [3.8, 4) is 0 Å². The summed E-state index contributed by atoms with van der Waals surface area (Å²) in [6.07, 6.45) is 1.90. The van der Waals surface area contributed by atoms with Crippen molar-refractivity contribution < 1.29 is 10.0 Å². The molecule has 1 aromatic rings. The van der Waals surface area contributed by atoms with Gasteiger partial charge < -0.3 is 10.4 Å². The Bertz CT molecular complexity index is 427. The zero-order valence-electron chi connectivity index (χ0n) is 10.1. The van der Waals surface area contributed by atoms with Gasteiger partial charge in [-0.15, -0.1) is 0 Å². The number of nitro groups is 1. The normalized spacial score (nSPS) is 14.0. The predicted octanol–water partition coefficient (Wildman–Crippen LogP) is 2.88. The molecule has 0 fully saturated rings. The van der Waals surface area contributed by atoms with Gasteiger partial charge in [0.2, 0.25) is 0 Å². The van der Waals surface area contributed by atoms with Gasteiger partial charge >= 0.3 is 0 Å². The number of rotatable bonds is 6. The van der Waals surface area contributed by atoms with Crippen LogP contribution in [0.25, 0.3) is 0 Å². The van der Waals surface area contributed by atoms with E-state index in [0.29, 0.717) is 5.69 Å². The number of thioether (sulfide) groups is 1. The largest absolute Gasteiger partial charge is 0.395 e. The molecule has 7 heteroatoms. The van der Waals surface area contributed by atoms with E-state index in [1.807, 2.05) is 13.2 Å². The van der Waals surface area contributed by atoms with Gasteiger partial charge in [0.05, 0.1) is 11.5 Å². The highest BCUT2D eigenvalue weighted by Gasteiger charge is 2.20. The van der Waals surface area contributed by atoms with Gasteiger partial charge in [0.1, 0.15) is 5.69 Å².